The summed E-state index contributed by atoms with van der Waals surface area (Å²) in [6.07, 6.45) is 0.918. The zero-order chi connectivity index (χ0) is 22.1. The Balaban J connectivity index is 1.48. The van der Waals surface area contributed by atoms with Gasteiger partial charge < -0.3 is 14.4 Å². The molecule has 8 heteroatoms. The first kappa shape index (κ1) is 21.6. The van der Waals surface area contributed by atoms with Gasteiger partial charge in [-0.25, -0.2) is 9.67 Å². The van der Waals surface area contributed by atoms with E-state index in [0.29, 0.717) is 43.4 Å². The number of amides is 1. The highest BCUT2D eigenvalue weighted by Crippen LogP contribution is 2.31. The Morgan fingerprint density at radius 1 is 1.29 bits per heavy atom. The van der Waals surface area contributed by atoms with Crippen molar-refractivity contribution in [3.8, 4) is 5.88 Å². The van der Waals surface area contributed by atoms with Gasteiger partial charge in [0.15, 0.2) is 5.65 Å². The van der Waals surface area contributed by atoms with Gasteiger partial charge in [-0.05, 0) is 49.1 Å². The van der Waals surface area contributed by atoms with E-state index in [2.05, 4.69) is 5.10 Å². The topological polar surface area (TPSA) is 69.5 Å². The molecule has 164 valence electrons. The van der Waals surface area contributed by atoms with Gasteiger partial charge in [-0.3, -0.25) is 4.79 Å². The maximum absolute atomic E-state index is 13.0. The fourth-order valence-corrected chi connectivity index (χ4v) is 4.38. The summed E-state index contributed by atoms with van der Waals surface area (Å²) in [6.45, 7) is 5.71. The molecule has 31 heavy (non-hydrogen) atoms. The number of carbonyl (C=O) groups is 1. The van der Waals surface area contributed by atoms with E-state index in [4.69, 9.17) is 26.1 Å². The SMILES string of the molecule is COc1nn(C)c2nc(C)c(CCC(=O)N3CCOC(c4ccc(Cl)cc4)C3)c(C)c12. The standard InChI is InChI=1S/C23H27ClN4O3/c1-14-18(15(2)25-22-21(14)23(30-4)26-27(22)3)9-10-20(29)28-11-12-31-19(13-28)16-5-7-17(24)8-6-16/h5-8,19H,9-13H2,1-4H3. The summed E-state index contributed by atoms with van der Waals surface area (Å²) >= 11 is 5.99. The van der Waals surface area contributed by atoms with Gasteiger partial charge in [-0.15, -0.1) is 5.10 Å². The monoisotopic (exact) mass is 442 g/mol. The van der Waals surface area contributed by atoms with E-state index in [-0.39, 0.29) is 12.0 Å². The van der Waals surface area contributed by atoms with E-state index in [1.165, 1.54) is 0 Å². The molecular formula is C23H27ClN4O3. The Morgan fingerprint density at radius 2 is 2.03 bits per heavy atom. The van der Waals surface area contributed by atoms with Crippen molar-refractivity contribution in [2.45, 2.75) is 32.8 Å². The van der Waals surface area contributed by atoms with Gasteiger partial charge >= 0.3 is 0 Å². The lowest BCUT2D eigenvalue weighted by atomic mass is 9.99. The minimum absolute atomic E-state index is 0.124. The average Bonchev–Trinajstić information content (AvgIpc) is 3.09. The fourth-order valence-electron chi connectivity index (χ4n) is 4.25. The van der Waals surface area contributed by atoms with E-state index in [1.807, 2.05) is 50.1 Å². The van der Waals surface area contributed by atoms with Gasteiger partial charge in [-0.2, -0.15) is 0 Å². The maximum Gasteiger partial charge on any atom is 0.242 e. The van der Waals surface area contributed by atoms with Crippen LogP contribution in [0, 0.1) is 13.8 Å². The van der Waals surface area contributed by atoms with Crippen LogP contribution in [0.4, 0.5) is 0 Å². The highest BCUT2D eigenvalue weighted by atomic mass is 35.5. The fraction of sp³-hybridized carbons (Fsp3) is 0.435. The molecule has 1 aliphatic rings. The van der Waals surface area contributed by atoms with Crippen LogP contribution in [0.15, 0.2) is 24.3 Å². The smallest absolute Gasteiger partial charge is 0.242 e. The number of halogens is 1. The summed E-state index contributed by atoms with van der Waals surface area (Å²) in [5.74, 6) is 0.688. The van der Waals surface area contributed by atoms with Gasteiger partial charge in [0.1, 0.15) is 6.10 Å². The quantitative estimate of drug-likeness (QED) is 0.601. The number of benzene rings is 1. The molecule has 0 aliphatic carbocycles. The van der Waals surface area contributed by atoms with Crippen LogP contribution in [0.1, 0.15) is 34.9 Å². The van der Waals surface area contributed by atoms with Crippen LogP contribution in [-0.4, -0.2) is 52.4 Å². The molecule has 0 bridgehead atoms. The van der Waals surface area contributed by atoms with E-state index >= 15 is 0 Å². The second-order valence-electron chi connectivity index (χ2n) is 7.88. The molecule has 1 atom stereocenters. The van der Waals surface area contributed by atoms with Gasteiger partial charge in [0.05, 0.1) is 25.6 Å². The Labute approximate surface area is 186 Å². The molecule has 1 fully saturated rings. The summed E-state index contributed by atoms with van der Waals surface area (Å²) in [5, 5.41) is 6.00. The normalized spacial score (nSPS) is 16.7. The van der Waals surface area contributed by atoms with Crippen molar-refractivity contribution in [2.75, 3.05) is 26.8 Å². The number of rotatable bonds is 5. The number of carbonyl (C=O) groups excluding carboxylic acids is 1. The summed E-state index contributed by atoms with van der Waals surface area (Å²) < 4.78 is 13.1. The molecule has 3 heterocycles. The molecule has 4 rings (SSSR count). The summed E-state index contributed by atoms with van der Waals surface area (Å²) in [7, 11) is 3.47. The predicted molar refractivity (Wildman–Crippen MR) is 120 cm³/mol. The second kappa shape index (κ2) is 8.85. The molecule has 2 aromatic heterocycles. The van der Waals surface area contributed by atoms with Crippen LogP contribution in [0.25, 0.3) is 11.0 Å². The molecule has 1 saturated heterocycles. The van der Waals surface area contributed by atoms with Gasteiger partial charge in [-0.1, -0.05) is 23.7 Å². The van der Waals surface area contributed by atoms with E-state index in [1.54, 1.807) is 11.8 Å². The first-order valence-electron chi connectivity index (χ1n) is 10.4. The summed E-state index contributed by atoms with van der Waals surface area (Å²) in [5.41, 5.74) is 4.90. The van der Waals surface area contributed by atoms with Crippen molar-refractivity contribution < 1.29 is 14.3 Å². The lowest BCUT2D eigenvalue weighted by Gasteiger charge is -2.33. The van der Waals surface area contributed by atoms with Gasteiger partial charge in [0.25, 0.3) is 0 Å². The Hall–Kier alpha value is -2.64. The number of ether oxygens (including phenoxy) is 2. The molecule has 1 aromatic carbocycles. The highest BCUT2D eigenvalue weighted by molar-refractivity contribution is 6.30. The van der Waals surface area contributed by atoms with E-state index < -0.39 is 0 Å². The zero-order valence-electron chi connectivity index (χ0n) is 18.3. The molecule has 0 saturated carbocycles. The number of pyridine rings is 1. The molecule has 3 aromatic rings. The minimum Gasteiger partial charge on any atom is -0.479 e. The third-order valence-electron chi connectivity index (χ3n) is 5.97. The first-order valence-corrected chi connectivity index (χ1v) is 10.8. The number of aromatic nitrogens is 3. The van der Waals surface area contributed by atoms with Crippen LogP contribution >= 0.6 is 11.6 Å². The van der Waals surface area contributed by atoms with Crippen molar-refractivity contribution in [3.05, 3.63) is 51.7 Å². The van der Waals surface area contributed by atoms with Crippen molar-refractivity contribution >= 4 is 28.5 Å². The third-order valence-corrected chi connectivity index (χ3v) is 6.22. The molecule has 0 radical (unpaired) electrons. The lowest BCUT2D eigenvalue weighted by molar-refractivity contribution is -0.139. The van der Waals surface area contributed by atoms with Crippen molar-refractivity contribution in [3.63, 3.8) is 0 Å². The van der Waals surface area contributed by atoms with E-state index in [9.17, 15) is 4.79 Å². The molecule has 1 amide bonds. The molecular weight excluding hydrogens is 416 g/mol. The molecule has 1 unspecified atom stereocenters. The number of aryl methyl sites for hydroxylation is 3. The highest BCUT2D eigenvalue weighted by Gasteiger charge is 2.26. The molecule has 7 nitrogen and oxygen atoms in total. The van der Waals surface area contributed by atoms with Crippen LogP contribution in [0.3, 0.4) is 0 Å². The van der Waals surface area contributed by atoms with Gasteiger partial charge in [0.2, 0.25) is 11.8 Å². The Morgan fingerprint density at radius 3 is 2.74 bits per heavy atom. The third kappa shape index (κ3) is 4.25. The van der Waals surface area contributed by atoms with Crippen LogP contribution < -0.4 is 4.74 Å². The largest absolute Gasteiger partial charge is 0.479 e. The number of fused-ring (bicyclic) bond motifs is 1. The van der Waals surface area contributed by atoms with Gasteiger partial charge in [0, 0.05) is 30.7 Å². The van der Waals surface area contributed by atoms with Crippen molar-refractivity contribution in [1.29, 1.82) is 0 Å². The van der Waals surface area contributed by atoms with Crippen LogP contribution in [0.2, 0.25) is 5.02 Å². The number of methoxy groups -OCH3 is 1. The zero-order valence-corrected chi connectivity index (χ0v) is 19.1. The van der Waals surface area contributed by atoms with Crippen molar-refractivity contribution in [1.82, 2.24) is 19.7 Å². The number of nitrogens with zero attached hydrogens (tertiary/aromatic N) is 4. The Bertz CT molecular complexity index is 1110. The molecule has 0 spiro atoms. The first-order chi connectivity index (χ1) is 14.9. The van der Waals surface area contributed by atoms with Crippen molar-refractivity contribution in [2.24, 2.45) is 7.05 Å². The average molecular weight is 443 g/mol. The van der Waals surface area contributed by atoms with Crippen LogP contribution in [-0.2, 0) is 23.0 Å². The lowest BCUT2D eigenvalue weighted by Crippen LogP contribution is -2.42. The predicted octanol–water partition coefficient (Wildman–Crippen LogP) is 3.78. The maximum atomic E-state index is 13.0. The molecule has 0 N–H and O–H groups in total. The number of hydrogen-bond donors (Lipinski definition) is 0. The summed E-state index contributed by atoms with van der Waals surface area (Å²) in [6, 6.07) is 7.61. The number of hydrogen-bond acceptors (Lipinski definition) is 5. The van der Waals surface area contributed by atoms with E-state index in [0.717, 1.165) is 33.4 Å². The number of morpholine rings is 1. The second-order valence-corrected chi connectivity index (χ2v) is 8.32. The minimum atomic E-state index is -0.129. The van der Waals surface area contributed by atoms with Crippen LogP contribution in [0.5, 0.6) is 5.88 Å². The Kier molecular flexibility index (Phi) is 6.16. The molecule has 1 aliphatic heterocycles. The summed E-state index contributed by atoms with van der Waals surface area (Å²) in [4.78, 5) is 19.6.